The fourth-order valence-corrected chi connectivity index (χ4v) is 3.22. The van der Waals surface area contributed by atoms with Crippen molar-refractivity contribution in [3.8, 4) is 0 Å². The van der Waals surface area contributed by atoms with Gasteiger partial charge in [-0.05, 0) is 24.7 Å². The van der Waals surface area contributed by atoms with Crippen LogP contribution in [0, 0.1) is 11.8 Å². The molecule has 3 unspecified atom stereocenters. The van der Waals surface area contributed by atoms with Gasteiger partial charge in [-0.3, -0.25) is 4.79 Å². The zero-order valence-corrected chi connectivity index (χ0v) is 10.7. The van der Waals surface area contributed by atoms with Crippen molar-refractivity contribution >= 4 is 11.9 Å². The lowest BCUT2D eigenvalue weighted by Gasteiger charge is -2.24. The predicted octanol–water partition coefficient (Wildman–Crippen LogP) is 1.28. The molecular formula is C12H16F3NO4. The zero-order valence-electron chi connectivity index (χ0n) is 10.7. The fourth-order valence-electron chi connectivity index (χ4n) is 3.22. The molecule has 20 heavy (non-hydrogen) atoms. The molecule has 1 amide bonds. The topological polar surface area (TPSA) is 66.8 Å². The number of rotatable bonds is 4. The number of ether oxygens (including phenoxy) is 1. The molecule has 1 aliphatic carbocycles. The number of hydrogen-bond acceptors (Lipinski definition) is 3. The Morgan fingerprint density at radius 3 is 2.60 bits per heavy atom. The van der Waals surface area contributed by atoms with Crippen LogP contribution in [0.5, 0.6) is 0 Å². The zero-order chi connectivity index (χ0) is 14.9. The van der Waals surface area contributed by atoms with Gasteiger partial charge in [0.05, 0.1) is 0 Å². The molecule has 0 aromatic rings. The van der Waals surface area contributed by atoms with Crippen LogP contribution in [0.2, 0.25) is 0 Å². The lowest BCUT2D eigenvalue weighted by atomic mass is 9.94. The van der Waals surface area contributed by atoms with Crippen molar-refractivity contribution in [2.24, 2.45) is 11.8 Å². The molecule has 0 aromatic carbocycles. The molecule has 0 bridgehead atoms. The molecule has 1 N–H and O–H groups in total. The molecule has 1 saturated heterocycles. The molecule has 114 valence electrons. The molecule has 2 aliphatic rings. The van der Waals surface area contributed by atoms with E-state index in [9.17, 15) is 27.9 Å². The summed E-state index contributed by atoms with van der Waals surface area (Å²) in [7, 11) is 0. The third kappa shape index (κ3) is 3.23. The minimum Gasteiger partial charge on any atom is -0.480 e. The Bertz CT molecular complexity index is 399. The van der Waals surface area contributed by atoms with Crippen molar-refractivity contribution in [3.63, 3.8) is 0 Å². The van der Waals surface area contributed by atoms with E-state index < -0.39 is 37.3 Å². The van der Waals surface area contributed by atoms with E-state index in [4.69, 9.17) is 0 Å². The van der Waals surface area contributed by atoms with Crippen LogP contribution in [0.15, 0.2) is 0 Å². The summed E-state index contributed by atoms with van der Waals surface area (Å²) < 4.78 is 40.1. The minimum absolute atomic E-state index is 0.0842. The second-order valence-corrected chi connectivity index (χ2v) is 5.29. The Morgan fingerprint density at radius 1 is 1.30 bits per heavy atom. The van der Waals surface area contributed by atoms with E-state index in [1.165, 1.54) is 0 Å². The number of fused-ring (bicyclic) bond motifs is 1. The first-order valence-electron chi connectivity index (χ1n) is 6.46. The van der Waals surface area contributed by atoms with Gasteiger partial charge in [0.15, 0.2) is 0 Å². The normalized spacial score (nSPS) is 29.6. The Balaban J connectivity index is 1.93. The Labute approximate surface area is 113 Å². The van der Waals surface area contributed by atoms with Crippen molar-refractivity contribution in [2.75, 3.05) is 19.8 Å². The number of amides is 1. The molecular weight excluding hydrogens is 279 g/mol. The molecule has 0 radical (unpaired) electrons. The number of aliphatic carboxylic acids is 1. The van der Waals surface area contributed by atoms with Crippen LogP contribution in [0.1, 0.15) is 19.3 Å². The van der Waals surface area contributed by atoms with Crippen LogP contribution in [-0.2, 0) is 14.3 Å². The molecule has 1 saturated carbocycles. The van der Waals surface area contributed by atoms with Gasteiger partial charge in [0, 0.05) is 6.54 Å². The van der Waals surface area contributed by atoms with Crippen LogP contribution in [0.4, 0.5) is 13.2 Å². The van der Waals surface area contributed by atoms with E-state index in [2.05, 4.69) is 4.74 Å². The maximum absolute atomic E-state index is 11.9. The lowest BCUT2D eigenvalue weighted by Crippen LogP contribution is -2.45. The van der Waals surface area contributed by atoms with E-state index in [0.29, 0.717) is 6.54 Å². The smallest absolute Gasteiger partial charge is 0.411 e. The van der Waals surface area contributed by atoms with Crippen molar-refractivity contribution < 1.29 is 32.6 Å². The summed E-state index contributed by atoms with van der Waals surface area (Å²) in [6.45, 7) is -1.93. The summed E-state index contributed by atoms with van der Waals surface area (Å²) in [5, 5.41) is 9.22. The molecule has 1 aliphatic heterocycles. The quantitative estimate of drug-likeness (QED) is 0.848. The van der Waals surface area contributed by atoms with Gasteiger partial charge >= 0.3 is 12.1 Å². The number of alkyl halides is 3. The first kappa shape index (κ1) is 15.1. The molecule has 3 atom stereocenters. The van der Waals surface area contributed by atoms with Gasteiger partial charge in [-0.15, -0.1) is 0 Å². The largest absolute Gasteiger partial charge is 0.480 e. The number of carbonyl (C=O) groups excluding carboxylic acids is 1. The standard InChI is InChI=1S/C12H16F3NO4/c13-12(14,15)6-20-5-9(17)16-4-7-2-1-3-8(7)10(16)11(18)19/h7-8,10H,1-6H2,(H,18,19). The number of carboxylic acid groups (broad SMARTS) is 1. The molecule has 5 nitrogen and oxygen atoms in total. The van der Waals surface area contributed by atoms with Gasteiger partial charge in [0.25, 0.3) is 0 Å². The molecule has 2 fully saturated rings. The molecule has 0 spiro atoms. The number of halogens is 3. The van der Waals surface area contributed by atoms with Crippen molar-refractivity contribution in [2.45, 2.75) is 31.5 Å². The highest BCUT2D eigenvalue weighted by molar-refractivity contribution is 5.85. The summed E-state index contributed by atoms with van der Waals surface area (Å²) >= 11 is 0. The maximum Gasteiger partial charge on any atom is 0.411 e. The number of hydrogen-bond donors (Lipinski definition) is 1. The maximum atomic E-state index is 11.9. The third-order valence-corrected chi connectivity index (χ3v) is 3.96. The predicted molar refractivity (Wildman–Crippen MR) is 60.8 cm³/mol. The van der Waals surface area contributed by atoms with Crippen LogP contribution >= 0.6 is 0 Å². The first-order valence-corrected chi connectivity index (χ1v) is 6.46. The number of nitrogens with zero attached hydrogens (tertiary/aromatic N) is 1. The summed E-state index contributed by atoms with van der Waals surface area (Å²) in [6, 6.07) is -0.926. The van der Waals surface area contributed by atoms with Gasteiger partial charge in [-0.1, -0.05) is 6.42 Å². The van der Waals surface area contributed by atoms with Crippen LogP contribution < -0.4 is 0 Å². The average Bonchev–Trinajstić information content (AvgIpc) is 2.84. The van der Waals surface area contributed by atoms with Gasteiger partial charge < -0.3 is 14.7 Å². The second-order valence-electron chi connectivity index (χ2n) is 5.29. The summed E-state index contributed by atoms with van der Waals surface area (Å²) in [5.74, 6) is -1.72. The first-order chi connectivity index (χ1) is 9.29. The Hall–Kier alpha value is -1.31. The summed E-state index contributed by atoms with van der Waals surface area (Å²) in [5.41, 5.74) is 0. The van der Waals surface area contributed by atoms with E-state index in [1.54, 1.807) is 0 Å². The monoisotopic (exact) mass is 295 g/mol. The van der Waals surface area contributed by atoms with Gasteiger partial charge in [-0.25, -0.2) is 4.79 Å². The number of carbonyl (C=O) groups is 2. The molecule has 0 aromatic heterocycles. The van der Waals surface area contributed by atoms with Crippen LogP contribution in [0.25, 0.3) is 0 Å². The van der Waals surface area contributed by atoms with E-state index in [1.807, 2.05) is 0 Å². The highest BCUT2D eigenvalue weighted by Gasteiger charge is 2.49. The fraction of sp³-hybridized carbons (Fsp3) is 0.833. The number of likely N-dealkylation sites (tertiary alicyclic amines) is 1. The third-order valence-electron chi connectivity index (χ3n) is 3.96. The van der Waals surface area contributed by atoms with Gasteiger partial charge in [0.2, 0.25) is 5.91 Å². The molecule has 8 heteroatoms. The summed E-state index contributed by atoms with van der Waals surface area (Å²) in [4.78, 5) is 24.3. The average molecular weight is 295 g/mol. The summed E-state index contributed by atoms with van der Waals surface area (Å²) in [6.07, 6.45) is -1.95. The minimum atomic E-state index is -4.49. The van der Waals surface area contributed by atoms with E-state index in [-0.39, 0.29) is 11.8 Å². The Morgan fingerprint density at radius 2 is 2.00 bits per heavy atom. The van der Waals surface area contributed by atoms with Crippen LogP contribution in [0.3, 0.4) is 0 Å². The van der Waals surface area contributed by atoms with Gasteiger partial charge in [-0.2, -0.15) is 13.2 Å². The molecule has 2 rings (SSSR count). The van der Waals surface area contributed by atoms with E-state index in [0.717, 1.165) is 24.2 Å². The SMILES string of the molecule is O=C(O)C1C2CCCC2CN1C(=O)COCC(F)(F)F. The Kier molecular flexibility index (Phi) is 4.22. The number of carboxylic acids is 1. The molecule has 1 heterocycles. The van der Waals surface area contributed by atoms with Crippen LogP contribution in [-0.4, -0.2) is 53.9 Å². The van der Waals surface area contributed by atoms with Crippen molar-refractivity contribution in [1.82, 2.24) is 4.90 Å². The van der Waals surface area contributed by atoms with Gasteiger partial charge in [0.1, 0.15) is 19.3 Å². The highest BCUT2D eigenvalue weighted by atomic mass is 19.4. The van der Waals surface area contributed by atoms with E-state index >= 15 is 0 Å². The highest BCUT2D eigenvalue weighted by Crippen LogP contribution is 2.42. The van der Waals surface area contributed by atoms with Crippen molar-refractivity contribution in [1.29, 1.82) is 0 Å². The lowest BCUT2D eigenvalue weighted by molar-refractivity contribution is -0.179. The second kappa shape index (κ2) is 5.59. The van der Waals surface area contributed by atoms with Crippen molar-refractivity contribution in [3.05, 3.63) is 0 Å².